The Morgan fingerprint density at radius 2 is 1.76 bits per heavy atom. The van der Waals surface area contributed by atoms with Gasteiger partial charge in [0, 0.05) is 75.7 Å². The van der Waals surface area contributed by atoms with Crippen molar-refractivity contribution >= 4 is 16.8 Å². The number of nitrogens with zero attached hydrogens (tertiary/aromatic N) is 8. The van der Waals surface area contributed by atoms with Crippen molar-refractivity contribution in [3.63, 3.8) is 0 Å². The van der Waals surface area contributed by atoms with E-state index in [1.54, 1.807) is 36.9 Å². The van der Waals surface area contributed by atoms with Crippen LogP contribution in [0.4, 0.5) is 10.2 Å². The standard InChI is InChI=1S/C23H25FN8OS/c1-17-28-21(16-29(17)2)34(33)32-15-18(13-27-32)14-30-9-11-31(12-10-30)23-22(25-7-8-26-23)19-3-5-20(24)6-4-19/h3-8,13,15-16H,9-12,14H2,1-2H3. The van der Waals surface area contributed by atoms with Crippen molar-refractivity contribution < 1.29 is 8.60 Å². The molecule has 1 aliphatic heterocycles. The highest BCUT2D eigenvalue weighted by Crippen LogP contribution is 2.27. The van der Waals surface area contributed by atoms with Crippen LogP contribution < -0.4 is 4.90 Å². The first-order chi connectivity index (χ1) is 16.5. The Kier molecular flexibility index (Phi) is 6.20. The molecule has 0 N–H and O–H groups in total. The van der Waals surface area contributed by atoms with Crippen molar-refractivity contribution in [1.82, 2.24) is 33.6 Å². The minimum Gasteiger partial charge on any atom is -0.352 e. The quantitative estimate of drug-likeness (QED) is 0.419. The molecule has 4 heterocycles. The van der Waals surface area contributed by atoms with Crippen LogP contribution in [-0.2, 0) is 24.6 Å². The molecule has 9 nitrogen and oxygen atoms in total. The number of hydrogen-bond acceptors (Lipinski definition) is 7. The van der Waals surface area contributed by atoms with Gasteiger partial charge in [-0.1, -0.05) is 0 Å². The summed E-state index contributed by atoms with van der Waals surface area (Å²) in [7, 11) is 0.409. The highest BCUT2D eigenvalue weighted by atomic mass is 32.2. The molecule has 0 bridgehead atoms. The Hall–Kier alpha value is -3.44. The number of halogens is 1. The molecule has 176 valence electrons. The van der Waals surface area contributed by atoms with Crippen molar-refractivity contribution in [2.75, 3.05) is 31.1 Å². The largest absolute Gasteiger partial charge is 0.352 e. The zero-order chi connectivity index (χ0) is 23.7. The Morgan fingerprint density at radius 1 is 1.03 bits per heavy atom. The normalized spacial score (nSPS) is 15.6. The van der Waals surface area contributed by atoms with Gasteiger partial charge in [0.2, 0.25) is 0 Å². The second kappa shape index (κ2) is 9.43. The molecule has 1 atom stereocenters. The van der Waals surface area contributed by atoms with Crippen LogP contribution in [0.2, 0.25) is 0 Å². The van der Waals surface area contributed by atoms with Gasteiger partial charge in [0.1, 0.15) is 17.3 Å². The molecule has 0 spiro atoms. The van der Waals surface area contributed by atoms with Gasteiger partial charge in [-0.3, -0.25) is 9.88 Å². The predicted octanol–water partition coefficient (Wildman–Crippen LogP) is 2.41. The third-order valence-corrected chi connectivity index (χ3v) is 7.02. The van der Waals surface area contributed by atoms with Gasteiger partial charge in [0.15, 0.2) is 21.8 Å². The second-order valence-electron chi connectivity index (χ2n) is 8.24. The van der Waals surface area contributed by atoms with Crippen LogP contribution in [0.25, 0.3) is 11.3 Å². The molecule has 1 saturated heterocycles. The summed E-state index contributed by atoms with van der Waals surface area (Å²) in [5.41, 5.74) is 2.60. The first-order valence-electron chi connectivity index (χ1n) is 11.0. The van der Waals surface area contributed by atoms with E-state index < -0.39 is 11.0 Å². The topological polar surface area (TPSA) is 85.0 Å². The van der Waals surface area contributed by atoms with Gasteiger partial charge in [0.25, 0.3) is 0 Å². The fourth-order valence-electron chi connectivity index (χ4n) is 3.97. The molecule has 11 heteroatoms. The van der Waals surface area contributed by atoms with Crippen molar-refractivity contribution in [1.29, 1.82) is 0 Å². The Bertz CT molecular complexity index is 1290. The van der Waals surface area contributed by atoms with E-state index in [9.17, 15) is 8.60 Å². The first kappa shape index (κ1) is 22.4. The molecule has 0 aliphatic carbocycles. The van der Waals surface area contributed by atoms with Gasteiger partial charge in [0.05, 0.1) is 6.20 Å². The monoisotopic (exact) mass is 480 g/mol. The van der Waals surface area contributed by atoms with E-state index in [1.807, 2.05) is 24.7 Å². The van der Waals surface area contributed by atoms with E-state index >= 15 is 0 Å². The highest BCUT2D eigenvalue weighted by molar-refractivity contribution is 7.83. The molecule has 4 aromatic rings. The number of rotatable bonds is 6. The number of hydrogen-bond donors (Lipinski definition) is 0. The lowest BCUT2D eigenvalue weighted by molar-refractivity contribution is 0.249. The molecule has 0 amide bonds. The molecule has 5 rings (SSSR count). The molecule has 3 aromatic heterocycles. The van der Waals surface area contributed by atoms with Crippen molar-refractivity contribution in [2.24, 2.45) is 7.05 Å². The lowest BCUT2D eigenvalue weighted by Crippen LogP contribution is -2.46. The molecule has 1 fully saturated rings. The lowest BCUT2D eigenvalue weighted by Gasteiger charge is -2.35. The van der Waals surface area contributed by atoms with Crippen LogP contribution >= 0.6 is 0 Å². The Morgan fingerprint density at radius 3 is 2.47 bits per heavy atom. The minimum absolute atomic E-state index is 0.273. The van der Waals surface area contributed by atoms with Gasteiger partial charge in [-0.25, -0.2) is 18.6 Å². The maximum Gasteiger partial charge on any atom is 0.193 e. The van der Waals surface area contributed by atoms with E-state index in [4.69, 9.17) is 0 Å². The maximum absolute atomic E-state index is 13.3. The fraction of sp³-hybridized carbons (Fsp3) is 0.304. The van der Waals surface area contributed by atoms with Gasteiger partial charge >= 0.3 is 0 Å². The van der Waals surface area contributed by atoms with Crippen LogP contribution in [0.15, 0.2) is 60.3 Å². The van der Waals surface area contributed by atoms with Gasteiger partial charge < -0.3 is 9.47 Å². The number of piperazine rings is 1. The number of aryl methyl sites for hydroxylation is 2. The summed E-state index contributed by atoms with van der Waals surface area (Å²) in [5, 5.41) is 4.79. The third kappa shape index (κ3) is 4.62. The Labute approximate surface area is 199 Å². The maximum atomic E-state index is 13.3. The molecular weight excluding hydrogens is 455 g/mol. The molecule has 34 heavy (non-hydrogen) atoms. The number of aromatic nitrogens is 6. The minimum atomic E-state index is -1.47. The summed E-state index contributed by atoms with van der Waals surface area (Å²) >= 11 is 0. The van der Waals surface area contributed by atoms with Gasteiger partial charge in [-0.05, 0) is 31.2 Å². The summed E-state index contributed by atoms with van der Waals surface area (Å²) in [6.07, 6.45) is 8.69. The van der Waals surface area contributed by atoms with Crippen molar-refractivity contribution in [3.8, 4) is 11.3 Å². The predicted molar refractivity (Wildman–Crippen MR) is 127 cm³/mol. The van der Waals surface area contributed by atoms with E-state index in [0.29, 0.717) is 5.03 Å². The smallest absolute Gasteiger partial charge is 0.193 e. The van der Waals surface area contributed by atoms with Gasteiger partial charge in [-0.15, -0.1) is 0 Å². The van der Waals surface area contributed by atoms with Crippen molar-refractivity contribution in [3.05, 3.63) is 72.5 Å². The van der Waals surface area contributed by atoms with Crippen LogP contribution in [0.1, 0.15) is 11.4 Å². The molecule has 1 unspecified atom stereocenters. The molecule has 1 aromatic carbocycles. The summed E-state index contributed by atoms with van der Waals surface area (Å²) in [4.78, 5) is 18.0. The van der Waals surface area contributed by atoms with Crippen LogP contribution in [0.3, 0.4) is 0 Å². The van der Waals surface area contributed by atoms with Crippen LogP contribution in [0, 0.1) is 12.7 Å². The SMILES string of the molecule is Cc1nc(S(=O)n2cc(CN3CCN(c4nccnc4-c4ccc(F)cc4)CC3)cn2)cn1C. The number of benzene rings is 1. The average Bonchev–Trinajstić information content (AvgIpc) is 3.46. The van der Waals surface area contributed by atoms with Crippen LogP contribution in [0.5, 0.6) is 0 Å². The lowest BCUT2D eigenvalue weighted by atomic mass is 10.1. The van der Waals surface area contributed by atoms with E-state index in [-0.39, 0.29) is 5.82 Å². The summed E-state index contributed by atoms with van der Waals surface area (Å²) in [6, 6.07) is 6.34. The summed E-state index contributed by atoms with van der Waals surface area (Å²) in [6.45, 7) is 5.86. The molecule has 1 aliphatic rings. The van der Waals surface area contributed by atoms with Gasteiger partial charge in [-0.2, -0.15) is 9.19 Å². The second-order valence-corrected chi connectivity index (χ2v) is 9.53. The summed E-state index contributed by atoms with van der Waals surface area (Å²) in [5.74, 6) is 1.34. The average molecular weight is 481 g/mol. The summed E-state index contributed by atoms with van der Waals surface area (Å²) < 4.78 is 29.4. The van der Waals surface area contributed by atoms with Crippen LogP contribution in [-0.4, -0.2) is 64.0 Å². The molecule has 0 saturated carbocycles. The fourth-order valence-corrected chi connectivity index (χ4v) is 4.98. The zero-order valence-electron chi connectivity index (χ0n) is 19.0. The number of anilines is 1. The van der Waals surface area contributed by atoms with E-state index in [2.05, 4.69) is 29.9 Å². The van der Waals surface area contributed by atoms with E-state index in [0.717, 1.165) is 61.2 Å². The first-order valence-corrected chi connectivity index (χ1v) is 12.1. The van der Waals surface area contributed by atoms with E-state index in [1.165, 1.54) is 16.2 Å². The highest BCUT2D eigenvalue weighted by Gasteiger charge is 2.22. The third-order valence-electron chi connectivity index (χ3n) is 5.92. The molecular formula is C23H25FN8OS. The Balaban J connectivity index is 1.22. The zero-order valence-corrected chi connectivity index (χ0v) is 19.8. The number of imidazole rings is 1. The molecule has 0 radical (unpaired) electrons. The van der Waals surface area contributed by atoms with Crippen molar-refractivity contribution in [2.45, 2.75) is 18.5 Å².